The van der Waals surface area contributed by atoms with Crippen molar-refractivity contribution < 1.29 is 14.3 Å². The zero-order valence-corrected chi connectivity index (χ0v) is 13.4. The van der Waals surface area contributed by atoms with Crippen LogP contribution in [0.4, 0.5) is 0 Å². The topological polar surface area (TPSA) is 58.6 Å². The molecule has 0 aliphatic heterocycles. The summed E-state index contributed by atoms with van der Waals surface area (Å²) in [5.74, 6) is 0.355. The SMILES string of the molecule is CCOc1ccc(C(=O)N(C)CC(=O)NC(C)(C)C)cc1. The lowest BCUT2D eigenvalue weighted by Crippen LogP contribution is -2.46. The molecule has 0 heterocycles. The highest BCUT2D eigenvalue weighted by molar-refractivity contribution is 5.96. The highest BCUT2D eigenvalue weighted by Crippen LogP contribution is 2.13. The fraction of sp³-hybridized carbons (Fsp3) is 0.500. The maximum Gasteiger partial charge on any atom is 0.254 e. The van der Waals surface area contributed by atoms with Crippen LogP contribution in [-0.4, -0.2) is 42.5 Å². The summed E-state index contributed by atoms with van der Waals surface area (Å²) < 4.78 is 5.33. The van der Waals surface area contributed by atoms with Crippen LogP contribution >= 0.6 is 0 Å². The molecule has 1 N–H and O–H groups in total. The minimum Gasteiger partial charge on any atom is -0.494 e. The Kier molecular flexibility index (Phi) is 5.76. The molecule has 1 rings (SSSR count). The van der Waals surface area contributed by atoms with E-state index in [2.05, 4.69) is 5.32 Å². The Bertz CT molecular complexity index is 489. The first-order valence-corrected chi connectivity index (χ1v) is 7.02. The molecule has 0 radical (unpaired) electrons. The molecular weight excluding hydrogens is 268 g/mol. The zero-order chi connectivity index (χ0) is 16.0. The van der Waals surface area contributed by atoms with Gasteiger partial charge in [-0.05, 0) is 52.0 Å². The van der Waals surface area contributed by atoms with Gasteiger partial charge in [0.25, 0.3) is 5.91 Å². The summed E-state index contributed by atoms with van der Waals surface area (Å²) in [5.41, 5.74) is 0.227. The molecule has 0 aliphatic rings. The summed E-state index contributed by atoms with van der Waals surface area (Å²) in [5, 5.41) is 2.83. The Balaban J connectivity index is 2.63. The summed E-state index contributed by atoms with van der Waals surface area (Å²) in [7, 11) is 1.61. The molecule has 0 bridgehead atoms. The fourth-order valence-electron chi connectivity index (χ4n) is 1.83. The van der Waals surface area contributed by atoms with Crippen molar-refractivity contribution in [2.75, 3.05) is 20.2 Å². The van der Waals surface area contributed by atoms with E-state index in [9.17, 15) is 9.59 Å². The van der Waals surface area contributed by atoms with Crippen LogP contribution < -0.4 is 10.1 Å². The molecule has 0 aromatic heterocycles. The summed E-state index contributed by atoms with van der Waals surface area (Å²) >= 11 is 0. The zero-order valence-electron chi connectivity index (χ0n) is 13.4. The van der Waals surface area contributed by atoms with Gasteiger partial charge < -0.3 is 15.0 Å². The van der Waals surface area contributed by atoms with Gasteiger partial charge in [0.1, 0.15) is 5.75 Å². The van der Waals surface area contributed by atoms with E-state index in [1.807, 2.05) is 27.7 Å². The van der Waals surface area contributed by atoms with Gasteiger partial charge in [-0.2, -0.15) is 0 Å². The van der Waals surface area contributed by atoms with Crippen LogP contribution in [0.2, 0.25) is 0 Å². The standard InChI is InChI=1S/C16H24N2O3/c1-6-21-13-9-7-12(8-10-13)15(20)18(5)11-14(19)17-16(2,3)4/h7-10H,6,11H2,1-5H3,(H,17,19). The quantitative estimate of drug-likeness (QED) is 0.904. The van der Waals surface area contributed by atoms with Gasteiger partial charge in [0.2, 0.25) is 5.91 Å². The first-order chi connectivity index (χ1) is 9.73. The molecule has 0 unspecified atom stereocenters. The van der Waals surface area contributed by atoms with E-state index in [-0.39, 0.29) is 23.9 Å². The molecule has 1 aromatic carbocycles. The van der Waals surface area contributed by atoms with Crippen molar-refractivity contribution >= 4 is 11.8 Å². The van der Waals surface area contributed by atoms with Gasteiger partial charge in [0, 0.05) is 18.2 Å². The normalized spacial score (nSPS) is 10.9. The lowest BCUT2D eigenvalue weighted by atomic mass is 10.1. The first-order valence-electron chi connectivity index (χ1n) is 7.02. The maximum absolute atomic E-state index is 12.2. The summed E-state index contributed by atoms with van der Waals surface area (Å²) in [6.45, 7) is 8.22. The number of hydrogen-bond donors (Lipinski definition) is 1. The Morgan fingerprint density at radius 2 is 1.76 bits per heavy atom. The van der Waals surface area contributed by atoms with E-state index in [0.717, 1.165) is 5.75 Å². The Morgan fingerprint density at radius 3 is 2.24 bits per heavy atom. The molecule has 0 atom stereocenters. The van der Waals surface area contributed by atoms with Crippen molar-refractivity contribution in [3.8, 4) is 5.75 Å². The summed E-state index contributed by atoms with van der Waals surface area (Å²) in [4.78, 5) is 25.4. The number of carbonyl (C=O) groups excluding carboxylic acids is 2. The number of hydrogen-bond acceptors (Lipinski definition) is 3. The van der Waals surface area contributed by atoms with Crippen LogP contribution in [0.5, 0.6) is 5.75 Å². The Labute approximate surface area is 126 Å². The van der Waals surface area contributed by atoms with Gasteiger partial charge in [-0.1, -0.05) is 0 Å². The van der Waals surface area contributed by atoms with Gasteiger partial charge in [-0.25, -0.2) is 0 Å². The van der Waals surface area contributed by atoms with Crippen LogP contribution in [-0.2, 0) is 4.79 Å². The van der Waals surface area contributed by atoms with Crippen LogP contribution in [0.25, 0.3) is 0 Å². The molecule has 2 amide bonds. The van der Waals surface area contributed by atoms with Crippen LogP contribution in [0.15, 0.2) is 24.3 Å². The molecule has 0 spiro atoms. The van der Waals surface area contributed by atoms with E-state index in [0.29, 0.717) is 12.2 Å². The third-order valence-corrected chi connectivity index (χ3v) is 2.65. The van der Waals surface area contributed by atoms with Gasteiger partial charge >= 0.3 is 0 Å². The van der Waals surface area contributed by atoms with Crippen molar-refractivity contribution in [2.24, 2.45) is 0 Å². The molecule has 116 valence electrons. The average molecular weight is 292 g/mol. The van der Waals surface area contributed by atoms with Crippen LogP contribution in [0, 0.1) is 0 Å². The Hall–Kier alpha value is -2.04. The molecule has 0 aliphatic carbocycles. The molecule has 1 aromatic rings. The van der Waals surface area contributed by atoms with Crippen molar-refractivity contribution in [3.05, 3.63) is 29.8 Å². The number of nitrogens with zero attached hydrogens (tertiary/aromatic N) is 1. The molecular formula is C16H24N2O3. The average Bonchev–Trinajstić information content (AvgIpc) is 2.36. The van der Waals surface area contributed by atoms with Gasteiger partial charge in [-0.3, -0.25) is 9.59 Å². The number of ether oxygens (including phenoxy) is 1. The predicted molar refractivity (Wildman–Crippen MR) is 82.5 cm³/mol. The van der Waals surface area contributed by atoms with Gasteiger partial charge in [0.15, 0.2) is 0 Å². The lowest BCUT2D eigenvalue weighted by Gasteiger charge is -2.23. The second kappa shape index (κ2) is 7.11. The van der Waals surface area contributed by atoms with Crippen molar-refractivity contribution in [1.82, 2.24) is 10.2 Å². The molecule has 0 saturated heterocycles. The number of carbonyl (C=O) groups is 2. The van der Waals surface area contributed by atoms with Crippen LogP contribution in [0.3, 0.4) is 0 Å². The summed E-state index contributed by atoms with van der Waals surface area (Å²) in [6.07, 6.45) is 0. The largest absolute Gasteiger partial charge is 0.494 e. The minimum absolute atomic E-state index is 0.0311. The third-order valence-electron chi connectivity index (χ3n) is 2.65. The second-order valence-corrected chi connectivity index (χ2v) is 5.92. The van der Waals surface area contributed by atoms with Gasteiger partial charge in [0.05, 0.1) is 13.2 Å². The number of rotatable bonds is 5. The van der Waals surface area contributed by atoms with E-state index < -0.39 is 0 Å². The van der Waals surface area contributed by atoms with Crippen molar-refractivity contribution in [2.45, 2.75) is 33.2 Å². The number of benzene rings is 1. The van der Waals surface area contributed by atoms with Crippen molar-refractivity contribution in [1.29, 1.82) is 0 Å². The molecule has 0 saturated carbocycles. The van der Waals surface area contributed by atoms with E-state index in [4.69, 9.17) is 4.74 Å². The minimum atomic E-state index is -0.305. The number of nitrogens with one attached hydrogen (secondary N) is 1. The molecule has 5 nitrogen and oxygen atoms in total. The Morgan fingerprint density at radius 1 is 1.19 bits per heavy atom. The summed E-state index contributed by atoms with van der Waals surface area (Å²) in [6, 6.07) is 6.90. The predicted octanol–water partition coefficient (Wildman–Crippen LogP) is 2.07. The van der Waals surface area contributed by atoms with E-state index in [1.54, 1.807) is 31.3 Å². The van der Waals surface area contributed by atoms with Crippen molar-refractivity contribution in [3.63, 3.8) is 0 Å². The smallest absolute Gasteiger partial charge is 0.254 e. The molecule has 21 heavy (non-hydrogen) atoms. The first kappa shape index (κ1) is 17.0. The number of amides is 2. The molecule has 0 fully saturated rings. The van der Waals surface area contributed by atoms with Crippen LogP contribution in [0.1, 0.15) is 38.1 Å². The second-order valence-electron chi connectivity index (χ2n) is 5.92. The monoisotopic (exact) mass is 292 g/mol. The van der Waals surface area contributed by atoms with Gasteiger partial charge in [-0.15, -0.1) is 0 Å². The highest BCUT2D eigenvalue weighted by atomic mass is 16.5. The lowest BCUT2D eigenvalue weighted by molar-refractivity contribution is -0.122. The highest BCUT2D eigenvalue weighted by Gasteiger charge is 2.18. The fourth-order valence-corrected chi connectivity index (χ4v) is 1.83. The maximum atomic E-state index is 12.2. The number of likely N-dealkylation sites (N-methyl/N-ethyl adjacent to an activating group) is 1. The van der Waals surface area contributed by atoms with E-state index in [1.165, 1.54) is 4.90 Å². The third kappa shape index (κ3) is 5.85. The van der Waals surface area contributed by atoms with E-state index >= 15 is 0 Å². The molecule has 5 heteroatoms.